The Morgan fingerprint density at radius 2 is 0.828 bits per heavy atom. The maximum atomic E-state index is 5.02. The van der Waals surface area contributed by atoms with Crippen molar-refractivity contribution in [1.82, 2.24) is 24.9 Å². The number of allylic oxidation sites excluding steroid dienone is 4. The molecule has 5 heteroatoms. The van der Waals surface area contributed by atoms with Crippen molar-refractivity contribution in [2.45, 2.75) is 12.8 Å². The summed E-state index contributed by atoms with van der Waals surface area (Å²) in [5.41, 5.74) is 12.5. The number of aromatic nitrogens is 5. The van der Waals surface area contributed by atoms with Gasteiger partial charge < -0.3 is 0 Å². The van der Waals surface area contributed by atoms with E-state index >= 15 is 0 Å². The smallest absolute Gasteiger partial charge is 0.164 e. The minimum Gasteiger partial charge on any atom is -0.228 e. The zero-order chi connectivity index (χ0) is 38.7. The summed E-state index contributed by atoms with van der Waals surface area (Å²) >= 11 is 0. The molecule has 0 unspecified atom stereocenters. The van der Waals surface area contributed by atoms with Crippen LogP contribution in [-0.4, -0.2) is 24.9 Å². The maximum Gasteiger partial charge on any atom is 0.164 e. The van der Waals surface area contributed by atoms with Crippen LogP contribution in [0.3, 0.4) is 0 Å². The van der Waals surface area contributed by atoms with Crippen LogP contribution in [0.4, 0.5) is 0 Å². The molecule has 0 saturated carbocycles. The van der Waals surface area contributed by atoms with Crippen molar-refractivity contribution in [3.63, 3.8) is 0 Å². The van der Waals surface area contributed by atoms with Gasteiger partial charge in [0, 0.05) is 33.4 Å². The molecule has 0 fully saturated rings. The van der Waals surface area contributed by atoms with Crippen LogP contribution < -0.4 is 0 Å². The van der Waals surface area contributed by atoms with Crippen LogP contribution in [0, 0.1) is 0 Å². The van der Waals surface area contributed by atoms with Gasteiger partial charge in [0.25, 0.3) is 0 Å². The second kappa shape index (κ2) is 15.5. The topological polar surface area (TPSA) is 64.5 Å². The fourth-order valence-corrected chi connectivity index (χ4v) is 7.55. The first-order valence-corrected chi connectivity index (χ1v) is 19.6. The highest BCUT2D eigenvalue weighted by Crippen LogP contribution is 2.35. The molecule has 0 bridgehead atoms. The average Bonchev–Trinajstić information content (AvgIpc) is 3.32. The van der Waals surface area contributed by atoms with Crippen LogP contribution in [-0.2, 0) is 0 Å². The number of hydrogen-bond donors (Lipinski definition) is 0. The number of benzene rings is 7. The van der Waals surface area contributed by atoms with Gasteiger partial charge in [-0.2, -0.15) is 0 Å². The Morgan fingerprint density at radius 3 is 1.45 bits per heavy atom. The van der Waals surface area contributed by atoms with E-state index in [1.807, 2.05) is 66.7 Å². The van der Waals surface area contributed by atoms with Crippen LogP contribution in [0.15, 0.2) is 200 Å². The quantitative estimate of drug-likeness (QED) is 0.155. The lowest BCUT2D eigenvalue weighted by Crippen LogP contribution is -2.03. The Bertz CT molecular complexity index is 2900. The lowest BCUT2D eigenvalue weighted by Gasteiger charge is -2.12. The fraction of sp³-hybridized carbons (Fsp3) is 0.0377. The van der Waals surface area contributed by atoms with Gasteiger partial charge in [0.05, 0.1) is 11.4 Å². The van der Waals surface area contributed by atoms with Crippen molar-refractivity contribution in [1.29, 1.82) is 0 Å². The molecule has 9 aromatic rings. The highest BCUT2D eigenvalue weighted by atomic mass is 15.0. The molecule has 7 aromatic carbocycles. The van der Waals surface area contributed by atoms with E-state index in [2.05, 4.69) is 133 Å². The fourth-order valence-electron chi connectivity index (χ4n) is 7.55. The first kappa shape index (κ1) is 34.8. The van der Waals surface area contributed by atoms with Crippen molar-refractivity contribution < 1.29 is 0 Å². The van der Waals surface area contributed by atoms with E-state index in [9.17, 15) is 0 Å². The van der Waals surface area contributed by atoms with Crippen LogP contribution in [0.25, 0.3) is 95.3 Å². The molecule has 0 saturated heterocycles. The summed E-state index contributed by atoms with van der Waals surface area (Å²) in [6, 6.07) is 63.2. The third kappa shape index (κ3) is 7.13. The largest absolute Gasteiger partial charge is 0.228 e. The van der Waals surface area contributed by atoms with Gasteiger partial charge in [-0.3, -0.25) is 0 Å². The van der Waals surface area contributed by atoms with E-state index in [1.165, 1.54) is 16.3 Å². The number of fused-ring (bicyclic) bond motifs is 1. The Hall–Kier alpha value is -7.63. The zero-order valence-electron chi connectivity index (χ0n) is 31.7. The first-order chi connectivity index (χ1) is 28.7. The van der Waals surface area contributed by atoms with E-state index in [-0.39, 0.29) is 0 Å². The van der Waals surface area contributed by atoms with Gasteiger partial charge in [-0.25, -0.2) is 24.9 Å². The summed E-state index contributed by atoms with van der Waals surface area (Å²) in [6.45, 7) is 0. The second-order valence-corrected chi connectivity index (χ2v) is 14.4. The van der Waals surface area contributed by atoms with Gasteiger partial charge >= 0.3 is 0 Å². The Labute approximate surface area is 337 Å². The van der Waals surface area contributed by atoms with Gasteiger partial charge in [0.15, 0.2) is 23.3 Å². The molecule has 1 aliphatic carbocycles. The molecule has 1 aliphatic rings. The van der Waals surface area contributed by atoms with Crippen LogP contribution in [0.2, 0.25) is 0 Å². The molecule has 0 atom stereocenters. The highest BCUT2D eigenvalue weighted by Gasteiger charge is 2.15. The van der Waals surface area contributed by atoms with Gasteiger partial charge in [-0.15, -0.1) is 0 Å². The van der Waals surface area contributed by atoms with Gasteiger partial charge in [0.1, 0.15) is 0 Å². The summed E-state index contributed by atoms with van der Waals surface area (Å²) in [5, 5.41) is 2.38. The molecule has 274 valence electrons. The van der Waals surface area contributed by atoms with Gasteiger partial charge in [0.2, 0.25) is 0 Å². The third-order valence-electron chi connectivity index (χ3n) is 10.6. The molecule has 10 rings (SSSR count). The molecular weight excluding hydrogens is 707 g/mol. The highest BCUT2D eigenvalue weighted by molar-refractivity contribution is 5.99. The summed E-state index contributed by atoms with van der Waals surface area (Å²) in [6.07, 6.45) is 8.53. The van der Waals surface area contributed by atoms with Gasteiger partial charge in [-0.1, -0.05) is 188 Å². The van der Waals surface area contributed by atoms with E-state index in [1.54, 1.807) is 0 Å². The third-order valence-corrected chi connectivity index (χ3v) is 10.6. The Morgan fingerprint density at radius 1 is 0.328 bits per heavy atom. The van der Waals surface area contributed by atoms with Crippen LogP contribution in [0.5, 0.6) is 0 Å². The number of rotatable bonds is 8. The van der Waals surface area contributed by atoms with Crippen molar-refractivity contribution in [2.24, 2.45) is 0 Å². The van der Waals surface area contributed by atoms with E-state index < -0.39 is 0 Å². The normalized spacial score (nSPS) is 12.4. The molecule has 0 radical (unpaired) electrons. The monoisotopic (exact) mass is 743 g/mol. The molecule has 0 amide bonds. The van der Waals surface area contributed by atoms with E-state index in [0.717, 1.165) is 74.3 Å². The molecule has 0 spiro atoms. The molecule has 2 aromatic heterocycles. The molecule has 0 N–H and O–H groups in total. The average molecular weight is 744 g/mol. The Balaban J connectivity index is 0.944. The lowest BCUT2D eigenvalue weighted by molar-refractivity contribution is 1.01. The zero-order valence-corrected chi connectivity index (χ0v) is 31.7. The van der Waals surface area contributed by atoms with Crippen LogP contribution in [0.1, 0.15) is 18.7 Å². The van der Waals surface area contributed by atoms with Crippen LogP contribution >= 0.6 is 0 Å². The number of hydrogen-bond acceptors (Lipinski definition) is 5. The number of nitrogens with zero attached hydrogens (tertiary/aromatic N) is 5. The summed E-state index contributed by atoms with van der Waals surface area (Å²) in [5.74, 6) is 2.75. The van der Waals surface area contributed by atoms with Crippen molar-refractivity contribution >= 4 is 16.3 Å². The lowest BCUT2D eigenvalue weighted by atomic mass is 9.94. The molecule has 2 heterocycles. The van der Waals surface area contributed by atoms with Crippen molar-refractivity contribution in [2.75, 3.05) is 0 Å². The van der Waals surface area contributed by atoms with E-state index in [4.69, 9.17) is 24.9 Å². The molecule has 0 aliphatic heterocycles. The molecule has 5 nitrogen and oxygen atoms in total. The summed E-state index contributed by atoms with van der Waals surface area (Å²) < 4.78 is 0. The van der Waals surface area contributed by atoms with Gasteiger partial charge in [-0.05, 0) is 58.0 Å². The first-order valence-electron chi connectivity index (χ1n) is 19.6. The summed E-state index contributed by atoms with van der Waals surface area (Å²) in [7, 11) is 0. The van der Waals surface area contributed by atoms with Crippen molar-refractivity contribution in [3.05, 3.63) is 206 Å². The second-order valence-electron chi connectivity index (χ2n) is 14.4. The molecule has 58 heavy (non-hydrogen) atoms. The predicted octanol–water partition coefficient (Wildman–Crippen LogP) is 13.2. The van der Waals surface area contributed by atoms with E-state index in [0.29, 0.717) is 23.3 Å². The van der Waals surface area contributed by atoms with Crippen molar-refractivity contribution in [3.8, 4) is 78.9 Å². The standard InChI is InChI=1S/C53H37N5/c1-5-14-38(15-6-1)48-35-49(55-50(54-48)40-16-7-2-8-17-40)39-28-24-36(25-29-39)44-32-33-47-45(34-44)22-13-23-46(47)37-26-30-43(31-27-37)53-57-51(41-18-9-3-10-19-41)56-52(58-53)42-20-11-4-12-21-42/h1-3,5-11,13-35H,4,12H2. The SMILES string of the molecule is C1=CC(c2nc(-c3ccccc3)nc(-c3ccc(-c4cccc5cc(-c6ccc(-c7cc(-c8ccccc8)nc(-c8ccccc8)n7)cc6)ccc45)cc3)n2)=CCC1. The minimum absolute atomic E-state index is 0.664. The predicted molar refractivity (Wildman–Crippen MR) is 237 cm³/mol. The minimum atomic E-state index is 0.664. The Kier molecular flexibility index (Phi) is 9.30. The maximum absolute atomic E-state index is 5.02. The molecular formula is C53H37N5. The summed E-state index contributed by atoms with van der Waals surface area (Å²) in [4.78, 5) is 24.7.